The number of Topliss-reactive ketones (excluding diaryl/α,β-unsaturated/α-hetero) is 1. The van der Waals surface area contributed by atoms with Crippen molar-refractivity contribution >= 4 is 27.9 Å². The Balaban J connectivity index is 1.36. The minimum atomic E-state index is -0.623. The molecule has 4 aliphatic rings. The molecule has 0 heterocycles. The van der Waals surface area contributed by atoms with Crippen LogP contribution in [0, 0.1) is 52.3 Å². The van der Waals surface area contributed by atoms with Gasteiger partial charge >= 0.3 is 5.97 Å². The summed E-state index contributed by atoms with van der Waals surface area (Å²) >= 11 is 0. The lowest BCUT2D eigenvalue weighted by Gasteiger charge is -2.61. The number of hydrogen-bond acceptors (Lipinski definition) is 5. The van der Waals surface area contributed by atoms with Gasteiger partial charge in [0.25, 0.3) is 0 Å². The predicted octanol–water partition coefficient (Wildman–Crippen LogP) is 5.59. The molecule has 2 unspecified atom stereocenters. The molecule has 4 aliphatic carbocycles. The minimum absolute atomic E-state index is 0.00474. The molecule has 13 atom stereocenters. The summed E-state index contributed by atoms with van der Waals surface area (Å²) < 4.78 is 6.23. The average molecular weight is 603 g/mol. The Labute approximate surface area is 259 Å². The lowest BCUT2D eigenvalue weighted by Crippen LogP contribution is -2.55. The number of rotatable bonds is 11. The summed E-state index contributed by atoms with van der Waals surface area (Å²) in [6.45, 7) is 15.2. The van der Waals surface area contributed by atoms with Crippen molar-refractivity contribution in [3.05, 3.63) is 0 Å². The molecule has 6 nitrogen and oxygen atoms in total. The van der Waals surface area contributed by atoms with Crippen molar-refractivity contribution < 1.29 is 19.1 Å². The Morgan fingerprint density at radius 2 is 1.57 bits per heavy atom. The topological polar surface area (TPSA) is 98.5 Å². The van der Waals surface area contributed by atoms with E-state index in [1.54, 1.807) is 0 Å². The maximum Gasteiger partial charge on any atom is 0.329 e. The largest absolute Gasteiger partial charge is 0.461 e. The molecule has 7 heteroatoms. The van der Waals surface area contributed by atoms with Gasteiger partial charge in [0.05, 0.1) is 0 Å². The molecule has 0 radical (unpaired) electrons. The normalized spacial score (nSPS) is 39.5. The highest BCUT2D eigenvalue weighted by Crippen LogP contribution is 2.67. The fraction of sp³-hybridized carbons (Fsp3) is 0.914. The second-order valence-corrected chi connectivity index (χ2v) is 17.2. The molecular weight excluding hydrogens is 540 g/mol. The number of hydrogen-bond donors (Lipinski definition) is 2. The van der Waals surface area contributed by atoms with Gasteiger partial charge in [0.2, 0.25) is 5.91 Å². The van der Waals surface area contributed by atoms with Crippen LogP contribution in [0.4, 0.5) is 0 Å². The average Bonchev–Trinajstić information content (AvgIpc) is 3.32. The highest BCUT2D eigenvalue weighted by molar-refractivity contribution is 6.12. The molecule has 4 fully saturated rings. The molecule has 42 heavy (non-hydrogen) atoms. The summed E-state index contributed by atoms with van der Waals surface area (Å²) in [5.74, 6) is 3.47. The maximum atomic E-state index is 13.5. The van der Waals surface area contributed by atoms with Crippen LogP contribution in [0.15, 0.2) is 0 Å². The van der Waals surface area contributed by atoms with Gasteiger partial charge in [-0.1, -0.05) is 54.4 Å². The van der Waals surface area contributed by atoms with Crippen LogP contribution >= 0.6 is 0 Å². The number of carbonyl (C=O) groups is 3. The Morgan fingerprint density at radius 3 is 2.21 bits per heavy atom. The van der Waals surface area contributed by atoms with Crippen molar-refractivity contribution in [1.29, 1.82) is 0 Å². The van der Waals surface area contributed by atoms with E-state index in [0.717, 1.165) is 54.7 Å². The van der Waals surface area contributed by atoms with Crippen molar-refractivity contribution in [2.45, 2.75) is 149 Å². The number of nitrogens with two attached hydrogens (primary N) is 1. The van der Waals surface area contributed by atoms with Crippen molar-refractivity contribution in [1.82, 2.24) is 5.32 Å². The lowest BCUT2D eigenvalue weighted by atomic mass is 9.44. The first kappa shape index (κ1) is 33.7. The third-order valence-corrected chi connectivity index (χ3v) is 15.8. The van der Waals surface area contributed by atoms with Gasteiger partial charge in [-0.2, -0.15) is 0 Å². The van der Waals surface area contributed by atoms with Gasteiger partial charge in [0.15, 0.2) is 0 Å². The third kappa shape index (κ3) is 6.43. The van der Waals surface area contributed by atoms with E-state index < -0.39 is 6.04 Å². The first-order valence-electron chi connectivity index (χ1n) is 17.5. The molecule has 4 rings (SSSR count). The van der Waals surface area contributed by atoms with E-state index in [1.165, 1.54) is 32.1 Å². The van der Waals surface area contributed by atoms with E-state index in [9.17, 15) is 14.4 Å². The Morgan fingerprint density at radius 1 is 0.929 bits per heavy atom. The van der Waals surface area contributed by atoms with E-state index in [1.807, 2.05) is 13.8 Å². The van der Waals surface area contributed by atoms with Crippen molar-refractivity contribution in [3.63, 3.8) is 0 Å². The number of amides is 1. The van der Waals surface area contributed by atoms with Crippen LogP contribution < -0.4 is 11.1 Å². The standard InChI is InChI=1S/C35H62N2O4Si/c1-8-20(3)31(37-30(39)19-29(36)32(42)21(4)9-2)33(40)41-24-14-16-34(6)23(18-24)10-11-25-27-13-12-26(22(5)38)35(27,7)17-15-28(25)34/h20-21,23-29,31-32H,8-19,36H2,1-7,42H3,(H,37,39)/t20?,21-,23+,24-,25+,26-,27+,28+,29+,31+,32?,34+,35-/m1/s1. The van der Waals surface area contributed by atoms with Gasteiger partial charge in [-0.25, -0.2) is 4.79 Å². The molecule has 0 saturated heterocycles. The maximum absolute atomic E-state index is 13.5. The Kier molecular flexibility index (Phi) is 10.8. The van der Waals surface area contributed by atoms with Gasteiger partial charge < -0.3 is 15.8 Å². The van der Waals surface area contributed by atoms with Gasteiger partial charge in [0.1, 0.15) is 17.9 Å². The van der Waals surface area contributed by atoms with Crippen molar-refractivity contribution in [2.75, 3.05) is 0 Å². The van der Waals surface area contributed by atoms with Crippen LogP contribution in [-0.2, 0) is 19.1 Å². The van der Waals surface area contributed by atoms with Crippen LogP contribution in [-0.4, -0.2) is 46.1 Å². The molecule has 0 aromatic rings. The number of ether oxygens (including phenoxy) is 1. The number of ketones is 1. The SMILES string of the molecule is CCC(C)[C@H](NC(=O)C[C@H](N)C([SiH3])[C@H](C)CC)C(=O)O[C@@H]1CC[C@@]2(C)[C@@H](CC[C@@H]3[C@@H]2CC[C@]2(C)[C@@H](C(C)=O)CC[C@@H]32)C1. The lowest BCUT2D eigenvalue weighted by molar-refractivity contribution is -0.167. The van der Waals surface area contributed by atoms with Crippen LogP contribution in [0.25, 0.3) is 0 Å². The second-order valence-electron chi connectivity index (χ2n) is 15.8. The van der Waals surface area contributed by atoms with Crippen molar-refractivity contribution in [2.24, 2.45) is 58.0 Å². The fourth-order valence-electron chi connectivity index (χ4n) is 10.3. The first-order chi connectivity index (χ1) is 19.8. The summed E-state index contributed by atoms with van der Waals surface area (Å²) in [6.07, 6.45) is 12.2. The summed E-state index contributed by atoms with van der Waals surface area (Å²) in [4.78, 5) is 39.1. The van der Waals surface area contributed by atoms with Crippen LogP contribution in [0.1, 0.15) is 126 Å². The van der Waals surface area contributed by atoms with Gasteiger partial charge in [0, 0.05) is 28.6 Å². The molecule has 1 amide bonds. The number of carbonyl (C=O) groups excluding carboxylic acids is 3. The van der Waals surface area contributed by atoms with E-state index in [0.29, 0.717) is 35.0 Å². The monoisotopic (exact) mass is 602 g/mol. The molecule has 0 bridgehead atoms. The molecule has 240 valence electrons. The van der Waals surface area contributed by atoms with Gasteiger partial charge in [-0.05, 0) is 117 Å². The number of esters is 1. The molecule has 4 saturated carbocycles. The zero-order valence-electron chi connectivity index (χ0n) is 28.0. The molecule has 0 aromatic heterocycles. The van der Waals surface area contributed by atoms with Crippen LogP contribution in [0.2, 0.25) is 5.54 Å². The van der Waals surface area contributed by atoms with E-state index in [4.69, 9.17) is 10.5 Å². The number of fused-ring (bicyclic) bond motifs is 5. The quantitative estimate of drug-likeness (QED) is 0.237. The molecule has 0 spiro atoms. The summed E-state index contributed by atoms with van der Waals surface area (Å²) in [7, 11) is 0.957. The summed E-state index contributed by atoms with van der Waals surface area (Å²) in [6, 6.07) is -0.788. The van der Waals surface area contributed by atoms with E-state index in [-0.39, 0.29) is 53.1 Å². The zero-order chi connectivity index (χ0) is 31.0. The summed E-state index contributed by atoms with van der Waals surface area (Å²) in [5, 5.41) is 3.04. The third-order valence-electron chi connectivity index (χ3n) is 13.8. The second kappa shape index (κ2) is 13.4. The predicted molar refractivity (Wildman–Crippen MR) is 173 cm³/mol. The molecule has 0 aromatic carbocycles. The Hall–Kier alpha value is -1.21. The fourth-order valence-corrected chi connectivity index (χ4v) is 11.0. The zero-order valence-corrected chi connectivity index (χ0v) is 30.0. The first-order valence-corrected chi connectivity index (χ1v) is 18.7. The highest BCUT2D eigenvalue weighted by Gasteiger charge is 2.61. The number of nitrogens with one attached hydrogen (secondary N) is 1. The van der Waals surface area contributed by atoms with Gasteiger partial charge in [-0.15, -0.1) is 0 Å². The smallest absolute Gasteiger partial charge is 0.329 e. The van der Waals surface area contributed by atoms with Gasteiger partial charge in [-0.3, -0.25) is 9.59 Å². The molecule has 3 N–H and O–H groups in total. The summed E-state index contributed by atoms with van der Waals surface area (Å²) in [5.41, 5.74) is 7.28. The molecule has 0 aliphatic heterocycles. The van der Waals surface area contributed by atoms with Crippen molar-refractivity contribution in [3.8, 4) is 0 Å². The minimum Gasteiger partial charge on any atom is -0.461 e. The van der Waals surface area contributed by atoms with Crippen LogP contribution in [0.5, 0.6) is 0 Å². The highest BCUT2D eigenvalue weighted by atomic mass is 28.1. The van der Waals surface area contributed by atoms with Crippen LogP contribution in [0.3, 0.4) is 0 Å². The molecular formula is C35H62N2O4Si. The van der Waals surface area contributed by atoms with E-state index >= 15 is 0 Å². The Bertz CT molecular complexity index is 990. The van der Waals surface area contributed by atoms with E-state index in [2.05, 4.69) is 39.9 Å².